The van der Waals surface area contributed by atoms with E-state index in [1.165, 1.54) is 6.07 Å². The highest BCUT2D eigenvalue weighted by molar-refractivity contribution is 6.17. The van der Waals surface area contributed by atoms with Gasteiger partial charge in [-0.25, -0.2) is 8.78 Å². The summed E-state index contributed by atoms with van der Waals surface area (Å²) >= 11 is 0. The van der Waals surface area contributed by atoms with Crippen molar-refractivity contribution in [1.82, 2.24) is 10.3 Å². The van der Waals surface area contributed by atoms with Crippen LogP contribution in [-0.4, -0.2) is 29.7 Å². The number of pyridine rings is 1. The van der Waals surface area contributed by atoms with Gasteiger partial charge in [-0.05, 0) is 42.2 Å². The average molecular weight is 395 g/mol. The van der Waals surface area contributed by atoms with Gasteiger partial charge in [-0.2, -0.15) is 13.2 Å². The van der Waals surface area contributed by atoms with E-state index in [1.54, 1.807) is 18.3 Å². The van der Waals surface area contributed by atoms with Crippen LogP contribution in [0.15, 0.2) is 41.5 Å². The molecule has 0 fully saturated rings. The van der Waals surface area contributed by atoms with Crippen LogP contribution in [0.5, 0.6) is 0 Å². The number of amides is 1. The monoisotopic (exact) mass is 395 g/mol. The Kier molecular flexibility index (Phi) is 4.20. The SMILES string of the molecule is O=C1NC(=NCC(F)F)c2ccc(C(F)(F)F)cc2[C@]12CCc1ncccc12. The summed E-state index contributed by atoms with van der Waals surface area (Å²) < 4.78 is 65.2. The van der Waals surface area contributed by atoms with E-state index in [4.69, 9.17) is 0 Å². The highest BCUT2D eigenvalue weighted by atomic mass is 19.4. The molecule has 1 amide bonds. The number of rotatable bonds is 2. The number of fused-ring (bicyclic) bond motifs is 4. The number of carbonyl (C=O) groups excluding carboxylic acids is 1. The minimum atomic E-state index is -4.61. The average Bonchev–Trinajstić information content (AvgIpc) is 3.03. The van der Waals surface area contributed by atoms with Crippen molar-refractivity contribution in [1.29, 1.82) is 0 Å². The van der Waals surface area contributed by atoms with Crippen LogP contribution in [0, 0.1) is 0 Å². The zero-order chi connectivity index (χ0) is 20.1. The number of hydrogen-bond donors (Lipinski definition) is 1. The summed E-state index contributed by atoms with van der Waals surface area (Å²) in [5.74, 6) is -0.726. The lowest BCUT2D eigenvalue weighted by atomic mass is 9.70. The van der Waals surface area contributed by atoms with Gasteiger partial charge in [0.25, 0.3) is 6.43 Å². The summed E-state index contributed by atoms with van der Waals surface area (Å²) in [5, 5.41) is 2.53. The third-order valence-corrected chi connectivity index (χ3v) is 5.16. The van der Waals surface area contributed by atoms with Crippen molar-refractivity contribution >= 4 is 11.7 Å². The number of hydrogen-bond acceptors (Lipinski definition) is 3. The van der Waals surface area contributed by atoms with Crippen molar-refractivity contribution in [3.8, 4) is 0 Å². The van der Waals surface area contributed by atoms with Gasteiger partial charge in [-0.3, -0.25) is 14.8 Å². The molecule has 0 saturated carbocycles. The molecule has 4 rings (SSSR count). The first kappa shape index (κ1) is 18.5. The Morgan fingerprint density at radius 1 is 1.21 bits per heavy atom. The lowest BCUT2D eigenvalue weighted by molar-refractivity contribution is -0.138. The van der Waals surface area contributed by atoms with Gasteiger partial charge in [0.2, 0.25) is 5.91 Å². The maximum absolute atomic E-state index is 13.3. The first-order chi connectivity index (χ1) is 13.2. The molecule has 1 aromatic heterocycles. The van der Waals surface area contributed by atoms with Gasteiger partial charge in [-0.15, -0.1) is 0 Å². The Labute approximate surface area is 156 Å². The molecule has 2 aliphatic rings. The predicted octanol–water partition coefficient (Wildman–Crippen LogP) is 3.47. The van der Waals surface area contributed by atoms with Crippen LogP contribution < -0.4 is 5.32 Å². The Morgan fingerprint density at radius 2 is 2.00 bits per heavy atom. The minimum absolute atomic E-state index is 0.117. The van der Waals surface area contributed by atoms with Gasteiger partial charge < -0.3 is 5.32 Å². The van der Waals surface area contributed by atoms with E-state index in [1.807, 2.05) is 0 Å². The quantitative estimate of drug-likeness (QED) is 0.792. The number of aromatic nitrogens is 1. The number of amidine groups is 1. The third-order valence-electron chi connectivity index (χ3n) is 5.16. The number of aryl methyl sites for hydroxylation is 1. The molecule has 0 unspecified atom stereocenters. The Balaban J connectivity index is 1.97. The second-order valence-electron chi connectivity index (χ2n) is 6.70. The topological polar surface area (TPSA) is 54.4 Å². The Hall–Kier alpha value is -2.84. The number of carbonyl (C=O) groups is 1. The zero-order valence-electron chi connectivity index (χ0n) is 14.4. The molecule has 146 valence electrons. The fraction of sp³-hybridized carbons (Fsp3) is 0.316. The van der Waals surface area contributed by atoms with Gasteiger partial charge in [0, 0.05) is 17.5 Å². The van der Waals surface area contributed by atoms with Crippen LogP contribution in [0.1, 0.15) is 34.4 Å². The molecular formula is C19H14F5N3O. The molecule has 1 aliphatic carbocycles. The number of benzene rings is 1. The van der Waals surface area contributed by atoms with Crippen molar-refractivity contribution in [3.63, 3.8) is 0 Å². The van der Waals surface area contributed by atoms with Crippen molar-refractivity contribution in [3.05, 3.63) is 64.5 Å². The molecule has 28 heavy (non-hydrogen) atoms. The molecule has 1 spiro atoms. The molecule has 1 N–H and O–H groups in total. The summed E-state index contributed by atoms with van der Waals surface area (Å²) in [6, 6.07) is 6.25. The summed E-state index contributed by atoms with van der Waals surface area (Å²) in [6.07, 6.45) is -5.14. The van der Waals surface area contributed by atoms with Gasteiger partial charge >= 0.3 is 6.18 Å². The van der Waals surface area contributed by atoms with Crippen LogP contribution in [0.2, 0.25) is 0 Å². The second kappa shape index (κ2) is 6.35. The number of nitrogens with zero attached hydrogens (tertiary/aromatic N) is 2. The standard InChI is InChI=1S/C19H14F5N3O/c20-15(21)9-26-16-11-4-3-10(19(22,23)24)8-13(11)18(17(28)27-16)6-5-14-12(18)2-1-7-25-14/h1-4,7-8,15H,5-6,9H2,(H,26,27,28)/t18-/m1/s1. The summed E-state index contributed by atoms with van der Waals surface area (Å²) in [6.45, 7) is -0.860. The van der Waals surface area contributed by atoms with Gasteiger partial charge in [0.1, 0.15) is 17.8 Å². The third kappa shape index (κ3) is 2.76. The highest BCUT2D eigenvalue weighted by Gasteiger charge is 2.52. The van der Waals surface area contributed by atoms with E-state index in [0.29, 0.717) is 17.7 Å². The van der Waals surface area contributed by atoms with Crippen LogP contribution >= 0.6 is 0 Å². The number of nitrogens with one attached hydrogen (secondary N) is 1. The van der Waals surface area contributed by atoms with E-state index in [0.717, 1.165) is 12.1 Å². The summed E-state index contributed by atoms with van der Waals surface area (Å²) in [5.41, 5.74) is -0.777. The van der Waals surface area contributed by atoms with Crippen LogP contribution in [0.4, 0.5) is 22.0 Å². The number of aliphatic imine (C=N–C) groups is 1. The first-order valence-corrected chi connectivity index (χ1v) is 8.54. The second-order valence-corrected chi connectivity index (χ2v) is 6.70. The van der Waals surface area contributed by atoms with Crippen molar-refractivity contribution in [2.75, 3.05) is 6.54 Å². The fourth-order valence-corrected chi connectivity index (χ4v) is 3.95. The molecule has 2 heterocycles. The van der Waals surface area contributed by atoms with E-state index >= 15 is 0 Å². The maximum Gasteiger partial charge on any atom is 0.416 e. The Morgan fingerprint density at radius 3 is 2.71 bits per heavy atom. The molecule has 9 heteroatoms. The predicted molar refractivity (Wildman–Crippen MR) is 90.3 cm³/mol. The van der Waals surface area contributed by atoms with E-state index in [9.17, 15) is 26.7 Å². The van der Waals surface area contributed by atoms with Gasteiger partial charge in [0.05, 0.1) is 5.56 Å². The molecule has 2 aromatic rings. The van der Waals surface area contributed by atoms with Crippen molar-refractivity contribution in [2.24, 2.45) is 4.99 Å². The van der Waals surface area contributed by atoms with Crippen LogP contribution in [0.3, 0.4) is 0 Å². The normalized spacial score (nSPS) is 22.5. The molecular weight excluding hydrogens is 381 g/mol. The van der Waals surface area contributed by atoms with Crippen molar-refractivity contribution < 1.29 is 26.7 Å². The number of halogens is 5. The lowest BCUT2D eigenvalue weighted by Crippen LogP contribution is -2.52. The van der Waals surface area contributed by atoms with Gasteiger partial charge in [-0.1, -0.05) is 12.1 Å². The molecule has 0 radical (unpaired) electrons. The van der Waals surface area contributed by atoms with Gasteiger partial charge in [0.15, 0.2) is 0 Å². The van der Waals surface area contributed by atoms with Crippen LogP contribution in [0.25, 0.3) is 0 Å². The maximum atomic E-state index is 13.3. The molecule has 1 aromatic carbocycles. The summed E-state index contributed by atoms with van der Waals surface area (Å²) in [4.78, 5) is 21.0. The lowest BCUT2D eigenvalue weighted by Gasteiger charge is -2.36. The molecule has 1 aliphatic heterocycles. The minimum Gasteiger partial charge on any atom is -0.309 e. The number of alkyl halides is 5. The van der Waals surface area contributed by atoms with Crippen molar-refractivity contribution in [2.45, 2.75) is 30.9 Å². The Bertz CT molecular complexity index is 986. The van der Waals surface area contributed by atoms with E-state index < -0.39 is 36.0 Å². The molecule has 4 nitrogen and oxygen atoms in total. The van der Waals surface area contributed by atoms with E-state index in [-0.39, 0.29) is 23.4 Å². The molecule has 1 atom stereocenters. The van der Waals surface area contributed by atoms with Crippen LogP contribution in [-0.2, 0) is 22.8 Å². The highest BCUT2D eigenvalue weighted by Crippen LogP contribution is 2.48. The smallest absolute Gasteiger partial charge is 0.309 e. The molecule has 0 saturated heterocycles. The zero-order valence-corrected chi connectivity index (χ0v) is 14.4. The first-order valence-electron chi connectivity index (χ1n) is 8.54. The largest absolute Gasteiger partial charge is 0.416 e. The van der Waals surface area contributed by atoms with E-state index in [2.05, 4.69) is 15.3 Å². The fourth-order valence-electron chi connectivity index (χ4n) is 3.95. The molecule has 0 bridgehead atoms. The summed E-state index contributed by atoms with van der Waals surface area (Å²) in [7, 11) is 0.